The molecule has 0 bridgehead atoms. The maximum absolute atomic E-state index is 9.76. The fraction of sp³-hybridized carbons (Fsp3) is 0.400. The smallest absolute Gasteiger partial charge is 0.136 e. The summed E-state index contributed by atoms with van der Waals surface area (Å²) in [4.78, 5) is 0. The number of phenolic OH excluding ortho intramolecular Hbond substituents is 1. The zero-order valence-corrected chi connectivity index (χ0v) is 10.3. The lowest BCUT2D eigenvalue weighted by Gasteiger charge is -2.15. The summed E-state index contributed by atoms with van der Waals surface area (Å²) < 4.78 is 0.628. The predicted octanol–water partition coefficient (Wildman–Crippen LogP) is 3.61. The Hall–Kier alpha value is -0.250. The first kappa shape index (κ1) is 11.8. The molecular weight excluding hydrogens is 265 g/mol. The highest BCUT2D eigenvalue weighted by Crippen LogP contribution is 2.37. The molecule has 0 heterocycles. The van der Waals surface area contributed by atoms with Gasteiger partial charge in [-0.1, -0.05) is 24.9 Å². The van der Waals surface area contributed by atoms with Crippen molar-refractivity contribution >= 4 is 27.5 Å². The average molecular weight is 279 g/mol. The first-order valence-electron chi connectivity index (χ1n) is 4.50. The summed E-state index contributed by atoms with van der Waals surface area (Å²) in [5.74, 6) is 0.151. The molecule has 0 amide bonds. The van der Waals surface area contributed by atoms with E-state index in [1.165, 1.54) is 0 Å². The Morgan fingerprint density at radius 3 is 2.79 bits per heavy atom. The molecule has 0 saturated heterocycles. The standard InChI is InChI=1S/C10H13BrClNO/c1-2-3-8(13)9-7(12)5-4-6(11)10(9)14/h4-5,8,14H,2-3,13H2,1H3/t8-/m1/s1. The first-order chi connectivity index (χ1) is 6.57. The first-order valence-corrected chi connectivity index (χ1v) is 5.67. The second-order valence-electron chi connectivity index (χ2n) is 3.19. The monoisotopic (exact) mass is 277 g/mol. The summed E-state index contributed by atoms with van der Waals surface area (Å²) >= 11 is 9.21. The van der Waals surface area contributed by atoms with Crippen LogP contribution < -0.4 is 5.73 Å². The van der Waals surface area contributed by atoms with Gasteiger partial charge in [-0.05, 0) is 34.5 Å². The number of halogens is 2. The highest BCUT2D eigenvalue weighted by Gasteiger charge is 2.16. The molecular formula is C10H13BrClNO. The minimum Gasteiger partial charge on any atom is -0.506 e. The number of benzene rings is 1. The molecule has 3 N–H and O–H groups in total. The molecule has 0 aromatic heterocycles. The van der Waals surface area contributed by atoms with E-state index in [9.17, 15) is 5.11 Å². The lowest BCUT2D eigenvalue weighted by atomic mass is 10.0. The SMILES string of the molecule is CCC[C@@H](N)c1c(Cl)ccc(Br)c1O. The number of hydrogen-bond donors (Lipinski definition) is 2. The molecule has 1 aromatic carbocycles. The summed E-state index contributed by atoms with van der Waals surface area (Å²) in [5, 5.41) is 10.3. The van der Waals surface area contributed by atoms with Crippen molar-refractivity contribution < 1.29 is 5.11 Å². The zero-order chi connectivity index (χ0) is 10.7. The van der Waals surface area contributed by atoms with E-state index >= 15 is 0 Å². The van der Waals surface area contributed by atoms with E-state index in [0.29, 0.717) is 15.1 Å². The van der Waals surface area contributed by atoms with Gasteiger partial charge in [-0.15, -0.1) is 0 Å². The quantitative estimate of drug-likeness (QED) is 0.887. The third-order valence-corrected chi connectivity index (χ3v) is 3.05. The van der Waals surface area contributed by atoms with Crippen LogP contribution in [0.5, 0.6) is 5.75 Å². The maximum Gasteiger partial charge on any atom is 0.136 e. The van der Waals surface area contributed by atoms with Gasteiger partial charge in [0.05, 0.1) is 4.47 Å². The Morgan fingerprint density at radius 2 is 2.21 bits per heavy atom. The molecule has 14 heavy (non-hydrogen) atoms. The number of phenols is 1. The average Bonchev–Trinajstić information content (AvgIpc) is 2.13. The Labute approximate surface area is 97.2 Å². The van der Waals surface area contributed by atoms with Crippen molar-refractivity contribution in [3.05, 3.63) is 27.2 Å². The van der Waals surface area contributed by atoms with Crippen molar-refractivity contribution in [1.29, 1.82) is 0 Å². The summed E-state index contributed by atoms with van der Waals surface area (Å²) in [6, 6.07) is 3.24. The number of aromatic hydroxyl groups is 1. The van der Waals surface area contributed by atoms with Crippen molar-refractivity contribution in [2.45, 2.75) is 25.8 Å². The van der Waals surface area contributed by atoms with Gasteiger partial charge in [-0.3, -0.25) is 0 Å². The Balaban J connectivity index is 3.11. The van der Waals surface area contributed by atoms with Crippen LogP contribution in [-0.4, -0.2) is 5.11 Å². The van der Waals surface area contributed by atoms with Crippen LogP contribution in [0.15, 0.2) is 16.6 Å². The molecule has 1 rings (SSSR count). The van der Waals surface area contributed by atoms with Crippen molar-refractivity contribution in [2.24, 2.45) is 5.73 Å². The van der Waals surface area contributed by atoms with Crippen LogP contribution in [0.3, 0.4) is 0 Å². The van der Waals surface area contributed by atoms with Gasteiger partial charge in [0, 0.05) is 16.6 Å². The lowest BCUT2D eigenvalue weighted by molar-refractivity contribution is 0.455. The molecule has 0 aliphatic carbocycles. The Kier molecular flexibility index (Phi) is 4.23. The van der Waals surface area contributed by atoms with Crippen LogP contribution in [0.2, 0.25) is 5.02 Å². The molecule has 1 atom stereocenters. The fourth-order valence-corrected chi connectivity index (χ4v) is 2.00. The summed E-state index contributed by atoms with van der Waals surface area (Å²) in [7, 11) is 0. The predicted molar refractivity (Wildman–Crippen MR) is 62.7 cm³/mol. The molecule has 0 saturated carbocycles. The molecule has 0 fully saturated rings. The lowest BCUT2D eigenvalue weighted by Crippen LogP contribution is -2.10. The van der Waals surface area contributed by atoms with Crippen LogP contribution in [0.25, 0.3) is 0 Å². The van der Waals surface area contributed by atoms with Gasteiger partial charge in [0.15, 0.2) is 0 Å². The fourth-order valence-electron chi connectivity index (χ4n) is 1.36. The van der Waals surface area contributed by atoms with Crippen molar-refractivity contribution in [3.8, 4) is 5.75 Å². The van der Waals surface area contributed by atoms with Gasteiger partial charge in [0.1, 0.15) is 5.75 Å². The van der Waals surface area contributed by atoms with E-state index in [1.54, 1.807) is 12.1 Å². The third-order valence-electron chi connectivity index (χ3n) is 2.09. The van der Waals surface area contributed by atoms with Crippen LogP contribution >= 0.6 is 27.5 Å². The van der Waals surface area contributed by atoms with Crippen molar-refractivity contribution in [1.82, 2.24) is 0 Å². The summed E-state index contributed by atoms with van der Waals surface area (Å²) in [6.45, 7) is 2.04. The van der Waals surface area contributed by atoms with Gasteiger partial charge in [0.25, 0.3) is 0 Å². The van der Waals surface area contributed by atoms with Gasteiger partial charge in [-0.25, -0.2) is 0 Å². The molecule has 4 heteroatoms. The van der Waals surface area contributed by atoms with E-state index in [1.807, 2.05) is 6.92 Å². The van der Waals surface area contributed by atoms with Gasteiger partial charge in [-0.2, -0.15) is 0 Å². The second-order valence-corrected chi connectivity index (χ2v) is 4.45. The van der Waals surface area contributed by atoms with Crippen LogP contribution in [0.1, 0.15) is 31.4 Å². The van der Waals surface area contributed by atoms with Gasteiger partial charge >= 0.3 is 0 Å². The molecule has 0 unspecified atom stereocenters. The summed E-state index contributed by atoms with van der Waals surface area (Å²) in [5.41, 5.74) is 6.54. The minimum atomic E-state index is -0.204. The van der Waals surface area contributed by atoms with Gasteiger partial charge < -0.3 is 10.8 Å². The molecule has 0 aliphatic rings. The van der Waals surface area contributed by atoms with Crippen molar-refractivity contribution in [3.63, 3.8) is 0 Å². The second kappa shape index (κ2) is 5.01. The number of hydrogen-bond acceptors (Lipinski definition) is 2. The minimum absolute atomic E-state index is 0.151. The number of nitrogens with two attached hydrogens (primary N) is 1. The molecule has 0 radical (unpaired) electrons. The third kappa shape index (κ3) is 2.41. The highest BCUT2D eigenvalue weighted by molar-refractivity contribution is 9.10. The van der Waals surface area contributed by atoms with Crippen LogP contribution in [0, 0.1) is 0 Å². The molecule has 0 aliphatic heterocycles. The van der Waals surface area contributed by atoms with E-state index < -0.39 is 0 Å². The molecule has 0 spiro atoms. The van der Waals surface area contributed by atoms with E-state index in [2.05, 4.69) is 15.9 Å². The van der Waals surface area contributed by atoms with Crippen LogP contribution in [-0.2, 0) is 0 Å². The van der Waals surface area contributed by atoms with Gasteiger partial charge in [0.2, 0.25) is 0 Å². The normalized spacial score (nSPS) is 12.9. The largest absolute Gasteiger partial charge is 0.506 e. The maximum atomic E-state index is 9.76. The van der Waals surface area contributed by atoms with E-state index in [0.717, 1.165) is 12.8 Å². The van der Waals surface area contributed by atoms with E-state index in [-0.39, 0.29) is 11.8 Å². The zero-order valence-electron chi connectivity index (χ0n) is 7.93. The van der Waals surface area contributed by atoms with Crippen LogP contribution in [0.4, 0.5) is 0 Å². The summed E-state index contributed by atoms with van der Waals surface area (Å²) in [6.07, 6.45) is 1.77. The molecule has 2 nitrogen and oxygen atoms in total. The topological polar surface area (TPSA) is 46.2 Å². The van der Waals surface area contributed by atoms with Crippen molar-refractivity contribution in [2.75, 3.05) is 0 Å². The van der Waals surface area contributed by atoms with E-state index in [4.69, 9.17) is 17.3 Å². The molecule has 1 aromatic rings. The Bertz CT molecular complexity index is 330. The molecule has 78 valence electrons. The Morgan fingerprint density at radius 1 is 1.57 bits per heavy atom. The number of rotatable bonds is 3. The highest BCUT2D eigenvalue weighted by atomic mass is 79.9.